The number of aryl methyl sites for hydroxylation is 2. The van der Waals surface area contributed by atoms with E-state index in [2.05, 4.69) is 4.90 Å². The first kappa shape index (κ1) is 19.9. The molecule has 0 spiro atoms. The zero-order valence-electron chi connectivity index (χ0n) is 16.4. The fraction of sp³-hybridized carbons (Fsp3) is 0.632. The van der Waals surface area contributed by atoms with Crippen molar-refractivity contribution in [3.05, 3.63) is 27.6 Å². The third-order valence-electron chi connectivity index (χ3n) is 6.31. The fourth-order valence-electron chi connectivity index (χ4n) is 4.59. The summed E-state index contributed by atoms with van der Waals surface area (Å²) >= 11 is 6.35. The van der Waals surface area contributed by atoms with Crippen molar-refractivity contribution in [1.29, 1.82) is 0 Å². The molecular weight excluding hydrogens is 400 g/mol. The van der Waals surface area contributed by atoms with Crippen molar-refractivity contribution < 1.29 is 8.42 Å². The van der Waals surface area contributed by atoms with Crippen LogP contribution in [0.3, 0.4) is 0 Å². The van der Waals surface area contributed by atoms with Gasteiger partial charge in [0.25, 0.3) is 0 Å². The monoisotopic (exact) mass is 426 g/mol. The van der Waals surface area contributed by atoms with Gasteiger partial charge in [0.15, 0.2) is 0 Å². The van der Waals surface area contributed by atoms with E-state index in [9.17, 15) is 13.2 Å². The van der Waals surface area contributed by atoms with Crippen molar-refractivity contribution in [3.8, 4) is 0 Å². The Labute approximate surface area is 170 Å². The van der Waals surface area contributed by atoms with E-state index in [1.807, 2.05) is 0 Å². The zero-order chi connectivity index (χ0) is 20.1. The van der Waals surface area contributed by atoms with Crippen molar-refractivity contribution in [2.24, 2.45) is 14.1 Å². The van der Waals surface area contributed by atoms with E-state index in [1.54, 1.807) is 20.2 Å². The Morgan fingerprint density at radius 1 is 0.929 bits per heavy atom. The maximum Gasteiger partial charge on any atom is 0.328 e. The standard InChI is InChI=1S/C19H27ClN4O3S/c1-21-16-12-15(20)18(13-17(16)22(2)19(21)25)28(26,27)24-10-8-23(9-11-24)14-6-4-3-5-7-14/h12-14H,3-11H2,1-2H3. The highest BCUT2D eigenvalue weighted by atomic mass is 35.5. The normalized spacial score (nSPS) is 20.8. The van der Waals surface area contributed by atoms with E-state index in [0.717, 1.165) is 13.1 Å². The number of imidazole rings is 1. The van der Waals surface area contributed by atoms with Crippen LogP contribution in [-0.2, 0) is 24.1 Å². The van der Waals surface area contributed by atoms with Crippen LogP contribution < -0.4 is 5.69 Å². The van der Waals surface area contributed by atoms with Gasteiger partial charge in [-0.25, -0.2) is 13.2 Å². The summed E-state index contributed by atoms with van der Waals surface area (Å²) < 4.78 is 31.0. The van der Waals surface area contributed by atoms with Crippen LogP contribution >= 0.6 is 11.6 Å². The average molecular weight is 427 g/mol. The summed E-state index contributed by atoms with van der Waals surface area (Å²) in [5, 5.41) is 0.156. The van der Waals surface area contributed by atoms with E-state index in [-0.39, 0.29) is 15.6 Å². The number of sulfonamides is 1. The molecule has 0 amide bonds. The van der Waals surface area contributed by atoms with E-state index in [0.29, 0.717) is 30.2 Å². The molecule has 9 heteroatoms. The maximum absolute atomic E-state index is 13.3. The molecule has 4 rings (SSSR count). The summed E-state index contributed by atoms with van der Waals surface area (Å²) in [5.74, 6) is 0. The van der Waals surface area contributed by atoms with Gasteiger partial charge in [0.1, 0.15) is 4.90 Å². The largest absolute Gasteiger partial charge is 0.328 e. The molecule has 0 radical (unpaired) electrons. The Morgan fingerprint density at radius 2 is 1.50 bits per heavy atom. The molecule has 0 atom stereocenters. The molecule has 1 aromatic heterocycles. The molecule has 0 unspecified atom stereocenters. The quantitative estimate of drug-likeness (QED) is 0.754. The Kier molecular flexibility index (Phi) is 5.33. The predicted octanol–water partition coefficient (Wildman–Crippen LogP) is 2.17. The molecule has 2 heterocycles. The smallest absolute Gasteiger partial charge is 0.298 e. The first-order valence-corrected chi connectivity index (χ1v) is 11.7. The Bertz CT molecular complexity index is 1050. The summed E-state index contributed by atoms with van der Waals surface area (Å²) in [6.07, 6.45) is 6.30. The van der Waals surface area contributed by atoms with Gasteiger partial charge in [-0.1, -0.05) is 30.9 Å². The molecule has 1 aliphatic heterocycles. The van der Waals surface area contributed by atoms with Gasteiger partial charge >= 0.3 is 5.69 Å². The van der Waals surface area contributed by atoms with Crippen molar-refractivity contribution in [2.45, 2.75) is 43.0 Å². The number of hydrogen-bond acceptors (Lipinski definition) is 4. The first-order valence-electron chi connectivity index (χ1n) is 9.90. The molecular formula is C19H27ClN4O3S. The molecule has 1 saturated heterocycles. The second kappa shape index (κ2) is 7.48. The lowest BCUT2D eigenvalue weighted by Crippen LogP contribution is -2.52. The van der Waals surface area contributed by atoms with Crippen LogP contribution in [0.1, 0.15) is 32.1 Å². The summed E-state index contributed by atoms with van der Waals surface area (Å²) in [6.45, 7) is 2.46. The number of aromatic nitrogens is 2. The molecule has 0 bridgehead atoms. The predicted molar refractivity (Wildman–Crippen MR) is 110 cm³/mol. The summed E-state index contributed by atoms with van der Waals surface area (Å²) in [4.78, 5) is 14.7. The minimum Gasteiger partial charge on any atom is -0.298 e. The van der Waals surface area contributed by atoms with Crippen molar-refractivity contribution >= 4 is 32.7 Å². The third-order valence-corrected chi connectivity index (χ3v) is 8.67. The number of halogens is 1. The lowest BCUT2D eigenvalue weighted by molar-refractivity contribution is 0.111. The summed E-state index contributed by atoms with van der Waals surface area (Å²) in [6, 6.07) is 3.70. The number of nitrogens with zero attached hydrogens (tertiary/aromatic N) is 4. The lowest BCUT2D eigenvalue weighted by atomic mass is 9.94. The second-order valence-corrected chi connectivity index (χ2v) is 10.2. The Morgan fingerprint density at radius 3 is 2.11 bits per heavy atom. The Balaban J connectivity index is 1.59. The van der Waals surface area contributed by atoms with Crippen molar-refractivity contribution in [1.82, 2.24) is 18.3 Å². The van der Waals surface area contributed by atoms with Gasteiger partial charge in [0, 0.05) is 46.3 Å². The molecule has 2 aliphatic rings. The van der Waals surface area contributed by atoms with Gasteiger partial charge in [-0.3, -0.25) is 14.0 Å². The fourth-order valence-corrected chi connectivity index (χ4v) is 6.53. The van der Waals surface area contributed by atoms with Gasteiger partial charge in [-0.15, -0.1) is 0 Å². The number of rotatable bonds is 3. The molecule has 1 aliphatic carbocycles. The number of hydrogen-bond donors (Lipinski definition) is 0. The second-order valence-electron chi connectivity index (χ2n) is 7.90. The average Bonchev–Trinajstić information content (AvgIpc) is 2.92. The highest BCUT2D eigenvalue weighted by Gasteiger charge is 2.33. The molecule has 1 aromatic carbocycles. The minimum absolute atomic E-state index is 0.0778. The van der Waals surface area contributed by atoms with Crippen LogP contribution in [0.2, 0.25) is 5.02 Å². The van der Waals surface area contributed by atoms with Gasteiger partial charge in [-0.2, -0.15) is 4.31 Å². The minimum atomic E-state index is -3.71. The van der Waals surface area contributed by atoms with E-state index >= 15 is 0 Å². The van der Waals surface area contributed by atoms with Crippen LogP contribution in [0.5, 0.6) is 0 Å². The van der Waals surface area contributed by atoms with Crippen molar-refractivity contribution in [2.75, 3.05) is 26.2 Å². The number of benzene rings is 1. The SMILES string of the molecule is Cn1c(=O)n(C)c2cc(S(=O)(=O)N3CCN(C4CCCCC4)CC3)c(Cl)cc21. The summed E-state index contributed by atoms with van der Waals surface area (Å²) in [5.41, 5.74) is 0.983. The Hall–Kier alpha value is -1.35. The maximum atomic E-state index is 13.3. The molecule has 2 aromatic rings. The van der Waals surface area contributed by atoms with Crippen molar-refractivity contribution in [3.63, 3.8) is 0 Å². The molecule has 0 N–H and O–H groups in total. The van der Waals surface area contributed by atoms with Crippen LogP contribution in [0.15, 0.2) is 21.8 Å². The third kappa shape index (κ3) is 3.30. The van der Waals surface area contributed by atoms with Crippen LogP contribution in [-0.4, -0.2) is 59.0 Å². The number of piperazine rings is 1. The summed E-state index contributed by atoms with van der Waals surface area (Å²) in [7, 11) is -0.419. The van der Waals surface area contributed by atoms with Crippen LogP contribution in [0.4, 0.5) is 0 Å². The molecule has 28 heavy (non-hydrogen) atoms. The topological polar surface area (TPSA) is 67.5 Å². The van der Waals surface area contributed by atoms with E-state index < -0.39 is 10.0 Å². The number of fused-ring (bicyclic) bond motifs is 1. The first-order chi connectivity index (χ1) is 13.3. The van der Waals surface area contributed by atoms with E-state index in [1.165, 1.54) is 51.6 Å². The van der Waals surface area contributed by atoms with Crippen LogP contribution in [0, 0.1) is 0 Å². The van der Waals surface area contributed by atoms with Gasteiger partial charge < -0.3 is 0 Å². The highest BCUT2D eigenvalue weighted by Crippen LogP contribution is 2.30. The van der Waals surface area contributed by atoms with Gasteiger partial charge in [0.2, 0.25) is 10.0 Å². The molecule has 7 nitrogen and oxygen atoms in total. The lowest BCUT2D eigenvalue weighted by Gasteiger charge is -2.40. The van der Waals surface area contributed by atoms with E-state index in [4.69, 9.17) is 11.6 Å². The van der Waals surface area contributed by atoms with Crippen LogP contribution in [0.25, 0.3) is 11.0 Å². The van der Waals surface area contributed by atoms with Gasteiger partial charge in [-0.05, 0) is 25.0 Å². The molecule has 154 valence electrons. The highest BCUT2D eigenvalue weighted by molar-refractivity contribution is 7.89. The molecule has 1 saturated carbocycles. The molecule has 2 fully saturated rings. The zero-order valence-corrected chi connectivity index (χ0v) is 18.0. The van der Waals surface area contributed by atoms with Gasteiger partial charge in [0.05, 0.1) is 16.1 Å².